The first-order valence-corrected chi connectivity index (χ1v) is 18.8. The lowest BCUT2D eigenvalue weighted by Gasteiger charge is -2.18. The van der Waals surface area contributed by atoms with E-state index in [4.69, 9.17) is 11.5 Å². The van der Waals surface area contributed by atoms with Gasteiger partial charge in [0.15, 0.2) is 11.4 Å². The molecule has 266 valence electrons. The summed E-state index contributed by atoms with van der Waals surface area (Å²) in [5.41, 5.74) is 17.2. The number of hydrazone groups is 2. The fourth-order valence-electron chi connectivity index (χ4n) is 5.29. The van der Waals surface area contributed by atoms with Crippen LogP contribution in [-0.4, -0.2) is 61.9 Å². The largest absolute Gasteiger partial charge is 0.399 e. The molecule has 0 amide bonds. The quantitative estimate of drug-likeness (QED) is 0.0767. The maximum atomic E-state index is 13.3. The number of hydrogen-bond donors (Lipinski definition) is 7. The number of allylic oxidation sites excluding steroid dienone is 2. The van der Waals surface area contributed by atoms with Crippen LogP contribution in [0.25, 0.3) is 23.3 Å². The second-order valence-corrected chi connectivity index (χ2v) is 15.4. The smallest absolute Gasteiger partial charge is 0.296 e. The minimum atomic E-state index is -5.06. The van der Waals surface area contributed by atoms with Crippen molar-refractivity contribution in [1.82, 2.24) is 0 Å². The van der Waals surface area contributed by atoms with Crippen molar-refractivity contribution in [1.29, 1.82) is 0 Å². The van der Waals surface area contributed by atoms with E-state index < -0.39 is 68.0 Å². The van der Waals surface area contributed by atoms with E-state index in [1.54, 1.807) is 48.5 Å². The SMILES string of the molecule is Nc1ccc2c(c1)C(=O)/C(=N\Nc1ccc(-c3ccc(N/N=C4\C(=O)c5c(N)cc(S(=O)(=O)O)cc5C=C4S(=O)(=O)O)cc3)cc1)C(S(=O)(=O)O)=C2. The topological polar surface area (TPSA) is 298 Å². The summed E-state index contributed by atoms with van der Waals surface area (Å²) >= 11 is 0. The second kappa shape index (κ2) is 12.9. The van der Waals surface area contributed by atoms with Gasteiger partial charge in [-0.1, -0.05) is 30.3 Å². The van der Waals surface area contributed by atoms with Crippen LogP contribution in [0.4, 0.5) is 22.7 Å². The molecule has 2 aliphatic carbocycles. The van der Waals surface area contributed by atoms with Gasteiger partial charge in [-0.25, -0.2) is 0 Å². The first-order chi connectivity index (χ1) is 24.3. The van der Waals surface area contributed by atoms with Crippen LogP contribution in [0.2, 0.25) is 0 Å². The molecule has 0 aromatic heterocycles. The minimum absolute atomic E-state index is 0.111. The third-order valence-corrected chi connectivity index (χ3v) is 10.3. The van der Waals surface area contributed by atoms with Gasteiger partial charge in [-0.2, -0.15) is 35.5 Å². The highest BCUT2D eigenvalue weighted by molar-refractivity contribution is 7.91. The average Bonchev–Trinajstić information content (AvgIpc) is 3.06. The van der Waals surface area contributed by atoms with Crippen LogP contribution in [0.1, 0.15) is 31.8 Å². The number of rotatable bonds is 8. The number of anilines is 4. The van der Waals surface area contributed by atoms with Crippen molar-refractivity contribution >= 4 is 88.2 Å². The summed E-state index contributed by atoms with van der Waals surface area (Å²) in [6, 6.07) is 18.9. The number of nitrogen functional groups attached to an aromatic ring is 2. The summed E-state index contributed by atoms with van der Waals surface area (Å²) in [6.45, 7) is 0. The number of nitrogens with one attached hydrogen (secondary N) is 2. The summed E-state index contributed by atoms with van der Waals surface area (Å²) in [4.78, 5) is 24.0. The van der Waals surface area contributed by atoms with Crippen LogP contribution < -0.4 is 22.3 Å². The van der Waals surface area contributed by atoms with Crippen LogP contribution in [0.5, 0.6) is 0 Å². The Hall–Kier alpha value is -6.03. The predicted octanol–water partition coefficient (Wildman–Crippen LogP) is 3.55. The molecular formula is C32H24N6O11S3. The molecule has 9 N–H and O–H groups in total. The van der Waals surface area contributed by atoms with Crippen LogP contribution in [0.3, 0.4) is 0 Å². The minimum Gasteiger partial charge on any atom is -0.399 e. The maximum Gasteiger partial charge on any atom is 0.296 e. The first-order valence-electron chi connectivity index (χ1n) is 14.5. The number of benzene rings is 4. The summed E-state index contributed by atoms with van der Waals surface area (Å²) in [5.74, 6) is -1.80. The fourth-order valence-corrected chi connectivity index (χ4v) is 7.16. The highest BCUT2D eigenvalue weighted by Gasteiger charge is 2.35. The zero-order chi connectivity index (χ0) is 37.7. The first kappa shape index (κ1) is 35.8. The number of Topliss-reactive ketones (excluding diaryl/α,β-unsaturated/α-hetero) is 2. The Morgan fingerprint density at radius 1 is 0.558 bits per heavy atom. The van der Waals surface area contributed by atoms with E-state index in [-0.39, 0.29) is 39.3 Å². The van der Waals surface area contributed by atoms with Gasteiger partial charge in [0.1, 0.15) is 9.81 Å². The molecule has 0 spiro atoms. The molecule has 4 aromatic carbocycles. The van der Waals surface area contributed by atoms with Crippen LogP contribution in [0, 0.1) is 0 Å². The van der Waals surface area contributed by atoms with Crippen molar-refractivity contribution in [3.8, 4) is 11.1 Å². The molecule has 0 aliphatic heterocycles. The van der Waals surface area contributed by atoms with Gasteiger partial charge >= 0.3 is 0 Å². The van der Waals surface area contributed by atoms with Crippen molar-refractivity contribution in [2.75, 3.05) is 22.3 Å². The van der Waals surface area contributed by atoms with E-state index in [1.807, 2.05) is 0 Å². The van der Waals surface area contributed by atoms with Crippen LogP contribution >= 0.6 is 0 Å². The normalized spacial score (nSPS) is 16.2. The van der Waals surface area contributed by atoms with E-state index in [0.717, 1.165) is 24.3 Å². The molecule has 0 atom stereocenters. The molecule has 0 saturated carbocycles. The van der Waals surface area contributed by atoms with E-state index in [2.05, 4.69) is 21.1 Å². The zero-order valence-corrected chi connectivity index (χ0v) is 28.5. The second-order valence-electron chi connectivity index (χ2n) is 11.2. The van der Waals surface area contributed by atoms with Gasteiger partial charge in [-0.3, -0.25) is 34.1 Å². The summed E-state index contributed by atoms with van der Waals surface area (Å²) < 4.78 is 101. The van der Waals surface area contributed by atoms with Gasteiger partial charge in [-0.05, 0) is 82.9 Å². The van der Waals surface area contributed by atoms with Crippen LogP contribution in [0.15, 0.2) is 104 Å². The zero-order valence-electron chi connectivity index (χ0n) is 26.0. The number of nitrogens with two attached hydrogens (primary N) is 2. The standard InChI is InChI=1S/C32H24N6O11S3/c33-20-6-1-18-12-26(51(44,45)46)29(31(39)24(18)14-20)37-35-21-7-2-16(3-8-21)17-4-9-22(10-5-17)36-38-30-27(52(47,48)49)13-19-11-23(50(41,42)43)15-25(34)28(19)32(30)40/h1-15,35-36H,33-34H2,(H,41,42,43)(H,44,45,46)(H,47,48,49)/b37-29-,38-30-. The van der Waals surface area contributed by atoms with Gasteiger partial charge in [0.25, 0.3) is 30.4 Å². The Morgan fingerprint density at radius 2 is 1.04 bits per heavy atom. The van der Waals surface area contributed by atoms with E-state index in [0.29, 0.717) is 16.8 Å². The Morgan fingerprint density at radius 3 is 1.52 bits per heavy atom. The molecule has 6 rings (SSSR count). The molecule has 0 radical (unpaired) electrons. The van der Waals surface area contributed by atoms with Crippen LogP contribution in [-0.2, 0) is 30.4 Å². The number of carbonyl (C=O) groups is 2. The lowest BCUT2D eigenvalue weighted by molar-refractivity contribution is 0.105. The number of hydrogen-bond acceptors (Lipinski definition) is 14. The number of carbonyl (C=O) groups excluding carboxylic acids is 2. The number of ketones is 2. The average molecular weight is 765 g/mol. The molecule has 0 unspecified atom stereocenters. The Kier molecular flexibility index (Phi) is 8.90. The van der Waals surface area contributed by atoms with Crippen molar-refractivity contribution in [2.45, 2.75) is 4.90 Å². The molecule has 4 aromatic rings. The molecule has 0 heterocycles. The van der Waals surface area contributed by atoms with Gasteiger partial charge < -0.3 is 11.5 Å². The highest BCUT2D eigenvalue weighted by atomic mass is 32.2. The molecular weight excluding hydrogens is 741 g/mol. The molecule has 20 heteroatoms. The van der Waals surface area contributed by atoms with Gasteiger partial charge in [0.05, 0.1) is 21.8 Å². The van der Waals surface area contributed by atoms with E-state index in [1.165, 1.54) is 18.2 Å². The monoisotopic (exact) mass is 764 g/mol. The molecule has 52 heavy (non-hydrogen) atoms. The number of fused-ring (bicyclic) bond motifs is 2. The van der Waals surface area contributed by atoms with Gasteiger partial charge in [-0.15, -0.1) is 0 Å². The van der Waals surface area contributed by atoms with E-state index in [9.17, 15) is 48.5 Å². The summed E-state index contributed by atoms with van der Waals surface area (Å²) in [7, 11) is -14.6. The van der Waals surface area contributed by atoms with Gasteiger partial charge in [0, 0.05) is 16.9 Å². The summed E-state index contributed by atoms with van der Waals surface area (Å²) in [6.07, 6.45) is 1.92. The Balaban J connectivity index is 1.21. The highest BCUT2D eigenvalue weighted by Crippen LogP contribution is 2.33. The third kappa shape index (κ3) is 7.10. The van der Waals surface area contributed by atoms with Crippen molar-refractivity contribution in [3.63, 3.8) is 0 Å². The number of nitrogens with zero attached hydrogens (tertiary/aromatic N) is 2. The van der Waals surface area contributed by atoms with Crippen molar-refractivity contribution in [3.05, 3.63) is 111 Å². The maximum absolute atomic E-state index is 13.3. The molecule has 17 nitrogen and oxygen atoms in total. The Labute approximate surface area is 295 Å². The Bertz CT molecular complexity index is 2690. The lowest BCUT2D eigenvalue weighted by Crippen LogP contribution is -2.28. The molecule has 0 fully saturated rings. The summed E-state index contributed by atoms with van der Waals surface area (Å²) in [5, 5.41) is 7.85. The van der Waals surface area contributed by atoms with Crippen molar-refractivity contribution < 1.29 is 48.5 Å². The fraction of sp³-hybridized carbons (Fsp3) is 0. The molecule has 2 aliphatic rings. The van der Waals surface area contributed by atoms with E-state index >= 15 is 0 Å². The molecule has 0 bridgehead atoms. The predicted molar refractivity (Wildman–Crippen MR) is 193 cm³/mol. The lowest BCUT2D eigenvalue weighted by atomic mass is 9.93. The van der Waals surface area contributed by atoms with Crippen molar-refractivity contribution in [2.24, 2.45) is 10.2 Å². The van der Waals surface area contributed by atoms with Gasteiger partial charge in [0.2, 0.25) is 11.6 Å². The molecule has 0 saturated heterocycles. The third-order valence-electron chi connectivity index (χ3n) is 7.74.